The maximum atomic E-state index is 13.1. The van der Waals surface area contributed by atoms with Gasteiger partial charge < -0.3 is 15.0 Å². The Bertz CT molecular complexity index is 1070. The van der Waals surface area contributed by atoms with Crippen LogP contribution in [0, 0.1) is 19.8 Å². The van der Waals surface area contributed by atoms with E-state index in [-0.39, 0.29) is 30.7 Å². The first kappa shape index (κ1) is 24.0. The number of amides is 2. The summed E-state index contributed by atoms with van der Waals surface area (Å²) in [6.45, 7) is 6.18. The minimum absolute atomic E-state index is 0.0943. The zero-order valence-corrected chi connectivity index (χ0v) is 20.4. The average molecular weight is 467 g/mol. The van der Waals surface area contributed by atoms with E-state index >= 15 is 0 Å². The second-order valence-electron chi connectivity index (χ2n) is 9.54. The fourth-order valence-electron chi connectivity index (χ4n) is 4.67. The number of aromatic nitrogens is 2. The number of esters is 1. The Kier molecular flexibility index (Phi) is 7.34. The molecule has 2 aliphatic rings. The third-order valence-electron chi connectivity index (χ3n) is 6.58. The number of ether oxygens (including phenoxy) is 1. The minimum Gasteiger partial charge on any atom is -0.469 e. The molecule has 2 amide bonds. The number of nitrogens with one attached hydrogen (secondary N) is 1. The number of hydrogen-bond acceptors (Lipinski definition) is 5. The number of fused-ring (bicyclic) bond motifs is 1. The summed E-state index contributed by atoms with van der Waals surface area (Å²) in [4.78, 5) is 39.2. The van der Waals surface area contributed by atoms with Crippen molar-refractivity contribution in [2.24, 2.45) is 5.92 Å². The maximum Gasteiger partial charge on any atom is 0.307 e. The van der Waals surface area contributed by atoms with Crippen molar-refractivity contribution in [2.45, 2.75) is 65.5 Å². The van der Waals surface area contributed by atoms with E-state index in [0.29, 0.717) is 44.0 Å². The van der Waals surface area contributed by atoms with Gasteiger partial charge in [-0.15, -0.1) is 0 Å². The Labute approximate surface area is 200 Å². The fourth-order valence-corrected chi connectivity index (χ4v) is 4.67. The molecule has 1 aromatic carbocycles. The predicted molar refractivity (Wildman–Crippen MR) is 127 cm³/mol. The maximum absolute atomic E-state index is 13.1. The van der Waals surface area contributed by atoms with E-state index < -0.39 is 0 Å². The topological polar surface area (TPSA) is 93.5 Å². The summed E-state index contributed by atoms with van der Waals surface area (Å²) in [6, 6.07) is 6.40. The van der Waals surface area contributed by atoms with Crippen LogP contribution >= 0.6 is 0 Å². The molecule has 0 unspecified atom stereocenters. The molecule has 1 N–H and O–H groups in total. The van der Waals surface area contributed by atoms with Gasteiger partial charge >= 0.3 is 5.97 Å². The lowest BCUT2D eigenvalue weighted by atomic mass is 10.0. The van der Waals surface area contributed by atoms with Gasteiger partial charge in [0.05, 0.1) is 13.5 Å². The highest BCUT2D eigenvalue weighted by atomic mass is 16.5. The van der Waals surface area contributed by atoms with Crippen molar-refractivity contribution in [3.63, 3.8) is 0 Å². The Morgan fingerprint density at radius 2 is 1.85 bits per heavy atom. The molecular weight excluding hydrogens is 432 g/mol. The molecule has 0 radical (unpaired) electrons. The Morgan fingerprint density at radius 1 is 1.12 bits per heavy atom. The lowest BCUT2D eigenvalue weighted by Crippen LogP contribution is -2.37. The number of rotatable bonds is 9. The molecule has 1 saturated carbocycles. The van der Waals surface area contributed by atoms with Crippen LogP contribution in [0.4, 0.5) is 0 Å². The molecule has 0 bridgehead atoms. The van der Waals surface area contributed by atoms with Gasteiger partial charge in [-0.05, 0) is 44.6 Å². The van der Waals surface area contributed by atoms with Gasteiger partial charge in [0, 0.05) is 50.3 Å². The van der Waals surface area contributed by atoms with Crippen LogP contribution in [0.1, 0.15) is 64.1 Å². The van der Waals surface area contributed by atoms with Gasteiger partial charge in [0.2, 0.25) is 5.91 Å². The zero-order chi connectivity index (χ0) is 24.2. The number of carbonyl (C=O) groups is 3. The summed E-state index contributed by atoms with van der Waals surface area (Å²) in [7, 11) is 1.33. The van der Waals surface area contributed by atoms with Crippen molar-refractivity contribution in [1.29, 1.82) is 0 Å². The molecule has 1 aliphatic heterocycles. The Morgan fingerprint density at radius 3 is 2.53 bits per heavy atom. The summed E-state index contributed by atoms with van der Waals surface area (Å²) in [5.74, 6) is 0.0369. The van der Waals surface area contributed by atoms with Crippen LogP contribution in [-0.2, 0) is 40.3 Å². The van der Waals surface area contributed by atoms with Gasteiger partial charge in [0.25, 0.3) is 5.91 Å². The van der Waals surface area contributed by atoms with E-state index in [9.17, 15) is 14.4 Å². The molecule has 34 heavy (non-hydrogen) atoms. The quantitative estimate of drug-likeness (QED) is 0.574. The number of carbonyl (C=O) groups excluding carboxylic acids is 3. The van der Waals surface area contributed by atoms with Gasteiger partial charge in [-0.2, -0.15) is 5.10 Å². The molecule has 0 spiro atoms. The molecule has 4 rings (SSSR count). The van der Waals surface area contributed by atoms with E-state index in [1.807, 2.05) is 9.58 Å². The zero-order valence-electron chi connectivity index (χ0n) is 20.4. The summed E-state index contributed by atoms with van der Waals surface area (Å²) >= 11 is 0. The average Bonchev–Trinajstić information content (AvgIpc) is 3.55. The van der Waals surface area contributed by atoms with Crippen LogP contribution in [0.3, 0.4) is 0 Å². The second-order valence-corrected chi connectivity index (χ2v) is 9.54. The molecule has 8 nitrogen and oxygen atoms in total. The van der Waals surface area contributed by atoms with Crippen molar-refractivity contribution >= 4 is 17.8 Å². The first-order valence-corrected chi connectivity index (χ1v) is 12.1. The first-order valence-electron chi connectivity index (χ1n) is 12.1. The molecule has 0 atom stereocenters. The van der Waals surface area contributed by atoms with Gasteiger partial charge in [-0.3, -0.25) is 19.1 Å². The monoisotopic (exact) mass is 466 g/mol. The van der Waals surface area contributed by atoms with Crippen LogP contribution < -0.4 is 5.32 Å². The lowest BCUT2D eigenvalue weighted by Gasteiger charge is -2.28. The first-order chi connectivity index (χ1) is 16.3. The van der Waals surface area contributed by atoms with Crippen LogP contribution in [0.5, 0.6) is 0 Å². The van der Waals surface area contributed by atoms with Crippen molar-refractivity contribution in [3.05, 3.63) is 51.8 Å². The second kappa shape index (κ2) is 10.4. The Hall–Kier alpha value is -3.16. The highest BCUT2D eigenvalue weighted by molar-refractivity contribution is 5.94. The third-order valence-corrected chi connectivity index (χ3v) is 6.58. The van der Waals surface area contributed by atoms with Crippen LogP contribution in [0.25, 0.3) is 0 Å². The van der Waals surface area contributed by atoms with Gasteiger partial charge in [-0.25, -0.2) is 0 Å². The smallest absolute Gasteiger partial charge is 0.307 e. The van der Waals surface area contributed by atoms with E-state index in [1.54, 1.807) is 0 Å². The van der Waals surface area contributed by atoms with E-state index in [2.05, 4.69) is 47.2 Å². The number of aryl methyl sites for hydroxylation is 3. The summed E-state index contributed by atoms with van der Waals surface area (Å²) in [5.41, 5.74) is 5.84. The fraction of sp³-hybridized carbons (Fsp3) is 0.538. The largest absolute Gasteiger partial charge is 0.469 e. The number of nitrogens with zero attached hydrogens (tertiary/aromatic N) is 3. The van der Waals surface area contributed by atoms with Crippen molar-refractivity contribution in [3.8, 4) is 0 Å². The molecule has 182 valence electrons. The number of hydrogen-bond donors (Lipinski definition) is 1. The lowest BCUT2D eigenvalue weighted by molar-refractivity contribution is -0.140. The molecule has 2 aromatic rings. The van der Waals surface area contributed by atoms with Gasteiger partial charge in [0.15, 0.2) is 5.69 Å². The molecule has 1 aromatic heterocycles. The number of methoxy groups -OCH3 is 1. The normalized spacial score (nSPS) is 15.1. The highest BCUT2D eigenvalue weighted by Gasteiger charge is 2.32. The summed E-state index contributed by atoms with van der Waals surface area (Å²) in [6.07, 6.45) is 4.33. The van der Waals surface area contributed by atoms with E-state index in [0.717, 1.165) is 17.8 Å². The SMILES string of the molecule is COC(=O)CCNC(=O)c1nn(CC2CC2)c2c1CN(C(=O)CCc1cc(C)cc(C)c1)CC2. The predicted octanol–water partition coefficient (Wildman–Crippen LogP) is 2.72. The third kappa shape index (κ3) is 5.85. The number of benzene rings is 1. The van der Waals surface area contributed by atoms with Crippen molar-refractivity contribution in [1.82, 2.24) is 20.0 Å². The molecule has 2 heterocycles. The van der Waals surface area contributed by atoms with Gasteiger partial charge in [-0.1, -0.05) is 29.3 Å². The highest BCUT2D eigenvalue weighted by Crippen LogP contribution is 2.32. The van der Waals surface area contributed by atoms with Crippen LogP contribution in [0.2, 0.25) is 0 Å². The molecule has 8 heteroatoms. The molecule has 1 aliphatic carbocycles. The summed E-state index contributed by atoms with van der Waals surface area (Å²) in [5, 5.41) is 7.43. The summed E-state index contributed by atoms with van der Waals surface area (Å²) < 4.78 is 6.61. The van der Waals surface area contributed by atoms with Crippen LogP contribution in [0.15, 0.2) is 18.2 Å². The van der Waals surface area contributed by atoms with E-state index in [4.69, 9.17) is 0 Å². The van der Waals surface area contributed by atoms with E-state index in [1.165, 1.54) is 36.6 Å². The molecular formula is C26H34N4O4. The van der Waals surface area contributed by atoms with Gasteiger partial charge in [0.1, 0.15) is 0 Å². The molecule has 0 saturated heterocycles. The minimum atomic E-state index is -0.373. The standard InChI is InChI=1S/C26H34N4O4/c1-17-12-18(2)14-20(13-17)6-7-23(31)29-11-9-22-21(16-29)25(28-30(22)15-19-4-5-19)26(33)27-10-8-24(32)34-3/h12-14,19H,4-11,15-16H2,1-3H3,(H,27,33). The van der Waals surface area contributed by atoms with Crippen LogP contribution in [-0.4, -0.2) is 52.7 Å². The van der Waals surface area contributed by atoms with Crippen molar-refractivity contribution < 1.29 is 19.1 Å². The molecule has 1 fully saturated rings. The van der Waals surface area contributed by atoms with Crippen molar-refractivity contribution in [2.75, 3.05) is 20.2 Å². The Balaban J connectivity index is 1.45.